The molecule has 0 aromatic carbocycles. The van der Waals surface area contributed by atoms with Gasteiger partial charge >= 0.3 is 0 Å². The van der Waals surface area contributed by atoms with E-state index in [2.05, 4.69) is 9.87 Å². The normalized spacial score (nSPS) is 10.0. The summed E-state index contributed by atoms with van der Waals surface area (Å²) in [5.41, 5.74) is 1.46. The predicted molar refractivity (Wildman–Crippen MR) is 46.5 cm³/mol. The van der Waals surface area contributed by atoms with Crippen molar-refractivity contribution in [1.82, 2.24) is 4.98 Å². The number of carbonyl (C=O) groups excluding carboxylic acids is 1. The van der Waals surface area contributed by atoms with Gasteiger partial charge in [0, 0.05) is 24.4 Å². The molecular formula is C9H11NO3. The number of Topliss-reactive ketones (excluding diaryl/α,β-unsaturated/α-hetero) is 1. The van der Waals surface area contributed by atoms with Crippen LogP contribution in [-0.2, 0) is 11.3 Å². The van der Waals surface area contributed by atoms with Gasteiger partial charge in [-0.2, -0.15) is 0 Å². The quantitative estimate of drug-likeness (QED) is 0.432. The van der Waals surface area contributed by atoms with Crippen LogP contribution in [0.15, 0.2) is 18.5 Å². The Morgan fingerprint density at radius 3 is 3.00 bits per heavy atom. The van der Waals surface area contributed by atoms with Crippen LogP contribution in [0.1, 0.15) is 22.8 Å². The van der Waals surface area contributed by atoms with E-state index in [0.29, 0.717) is 12.0 Å². The van der Waals surface area contributed by atoms with Crippen molar-refractivity contribution in [2.24, 2.45) is 0 Å². The van der Waals surface area contributed by atoms with Gasteiger partial charge in [-0.1, -0.05) is 0 Å². The van der Waals surface area contributed by atoms with Crippen molar-refractivity contribution in [3.63, 3.8) is 0 Å². The van der Waals surface area contributed by atoms with Gasteiger partial charge in [0.25, 0.3) is 0 Å². The Labute approximate surface area is 76.1 Å². The first-order chi connectivity index (χ1) is 6.24. The molecule has 0 amide bonds. The molecule has 13 heavy (non-hydrogen) atoms. The molecule has 1 aromatic heterocycles. The van der Waals surface area contributed by atoms with E-state index in [1.165, 1.54) is 13.1 Å². The molecule has 1 N–H and O–H groups in total. The van der Waals surface area contributed by atoms with Crippen LogP contribution in [0.2, 0.25) is 0 Å². The first-order valence-electron chi connectivity index (χ1n) is 3.95. The third-order valence-electron chi connectivity index (χ3n) is 1.68. The van der Waals surface area contributed by atoms with Gasteiger partial charge in [-0.15, -0.1) is 0 Å². The van der Waals surface area contributed by atoms with Crippen molar-refractivity contribution >= 4 is 5.78 Å². The van der Waals surface area contributed by atoms with Crippen LogP contribution >= 0.6 is 0 Å². The van der Waals surface area contributed by atoms with Crippen molar-refractivity contribution in [3.8, 4) is 0 Å². The third-order valence-corrected chi connectivity index (χ3v) is 1.68. The van der Waals surface area contributed by atoms with Crippen molar-refractivity contribution in [2.75, 3.05) is 6.61 Å². The molecule has 1 aromatic rings. The second-order valence-corrected chi connectivity index (χ2v) is 2.72. The van der Waals surface area contributed by atoms with E-state index >= 15 is 0 Å². The molecule has 0 saturated carbocycles. The van der Waals surface area contributed by atoms with E-state index in [4.69, 9.17) is 5.26 Å². The Kier molecular flexibility index (Phi) is 3.54. The summed E-state index contributed by atoms with van der Waals surface area (Å²) >= 11 is 0. The molecular weight excluding hydrogens is 170 g/mol. The highest BCUT2D eigenvalue weighted by atomic mass is 17.1. The minimum atomic E-state index is -0.0146. The highest BCUT2D eigenvalue weighted by Crippen LogP contribution is 2.04. The van der Waals surface area contributed by atoms with Gasteiger partial charge in [0.15, 0.2) is 5.78 Å². The minimum Gasteiger partial charge on any atom is -0.294 e. The Bertz CT molecular complexity index is 299. The third kappa shape index (κ3) is 2.93. The number of ketones is 1. The molecule has 0 fully saturated rings. The molecule has 4 nitrogen and oxygen atoms in total. The van der Waals surface area contributed by atoms with Crippen LogP contribution in [0.5, 0.6) is 0 Å². The van der Waals surface area contributed by atoms with Crippen LogP contribution < -0.4 is 0 Å². The number of pyridine rings is 1. The fraction of sp³-hybridized carbons (Fsp3) is 0.333. The number of rotatable bonds is 4. The summed E-state index contributed by atoms with van der Waals surface area (Å²) in [7, 11) is 0. The van der Waals surface area contributed by atoms with E-state index < -0.39 is 0 Å². The standard InChI is InChI=1S/C9H11NO3/c1-7(11)9-4-8(2-3-13-12)5-10-6-9/h4-6,12H,2-3H2,1H3. The molecule has 1 heterocycles. The highest BCUT2D eigenvalue weighted by Gasteiger charge is 2.00. The Morgan fingerprint density at radius 1 is 1.62 bits per heavy atom. The Balaban J connectivity index is 2.73. The largest absolute Gasteiger partial charge is 0.294 e. The van der Waals surface area contributed by atoms with E-state index in [1.54, 1.807) is 12.3 Å². The lowest BCUT2D eigenvalue weighted by Gasteiger charge is -2.00. The lowest BCUT2D eigenvalue weighted by atomic mass is 10.1. The summed E-state index contributed by atoms with van der Waals surface area (Å²) in [6.45, 7) is 1.70. The average Bonchev–Trinajstić information content (AvgIpc) is 2.15. The van der Waals surface area contributed by atoms with Crippen LogP contribution in [0, 0.1) is 0 Å². The molecule has 0 aliphatic carbocycles. The van der Waals surface area contributed by atoms with Gasteiger partial charge in [0.1, 0.15) is 0 Å². The summed E-state index contributed by atoms with van der Waals surface area (Å²) in [6, 6.07) is 1.74. The van der Waals surface area contributed by atoms with Crippen molar-refractivity contribution in [3.05, 3.63) is 29.6 Å². The average molecular weight is 181 g/mol. The molecule has 70 valence electrons. The minimum absolute atomic E-state index is 0.0146. The van der Waals surface area contributed by atoms with Gasteiger partial charge in [-0.3, -0.25) is 15.0 Å². The summed E-state index contributed by atoms with van der Waals surface area (Å²) in [5, 5.41) is 8.12. The maximum Gasteiger partial charge on any atom is 0.161 e. The molecule has 1 rings (SSSR count). The zero-order chi connectivity index (χ0) is 9.68. The van der Waals surface area contributed by atoms with Crippen LogP contribution in [0.25, 0.3) is 0 Å². The van der Waals surface area contributed by atoms with Gasteiger partial charge in [0.2, 0.25) is 0 Å². The zero-order valence-corrected chi connectivity index (χ0v) is 7.36. The zero-order valence-electron chi connectivity index (χ0n) is 7.36. The van der Waals surface area contributed by atoms with Crippen LogP contribution in [0.4, 0.5) is 0 Å². The van der Waals surface area contributed by atoms with Crippen molar-refractivity contribution < 1.29 is 14.9 Å². The second kappa shape index (κ2) is 4.69. The Morgan fingerprint density at radius 2 is 2.38 bits per heavy atom. The smallest absolute Gasteiger partial charge is 0.161 e. The topological polar surface area (TPSA) is 59.4 Å². The summed E-state index contributed by atoms with van der Waals surface area (Å²) in [6.07, 6.45) is 3.71. The first kappa shape index (κ1) is 9.83. The maximum absolute atomic E-state index is 11.0. The first-order valence-corrected chi connectivity index (χ1v) is 3.95. The molecule has 0 atom stereocenters. The molecule has 4 heteroatoms. The number of hydrogen-bond donors (Lipinski definition) is 1. The fourth-order valence-electron chi connectivity index (χ4n) is 0.980. The Hall–Kier alpha value is -1.26. The summed E-state index contributed by atoms with van der Waals surface area (Å²) < 4.78 is 0. The van der Waals surface area contributed by atoms with E-state index in [0.717, 1.165) is 5.56 Å². The van der Waals surface area contributed by atoms with Gasteiger partial charge in [0.05, 0.1) is 6.61 Å². The SMILES string of the molecule is CC(=O)c1cncc(CCOO)c1. The molecule has 0 radical (unpaired) electrons. The number of carbonyl (C=O) groups is 1. The van der Waals surface area contributed by atoms with Gasteiger partial charge < -0.3 is 0 Å². The molecule has 0 aliphatic heterocycles. The molecule has 0 spiro atoms. The molecule has 0 aliphatic rings. The van der Waals surface area contributed by atoms with Gasteiger partial charge in [-0.05, 0) is 18.6 Å². The molecule has 0 unspecified atom stereocenters. The molecule has 0 saturated heterocycles. The van der Waals surface area contributed by atoms with Crippen molar-refractivity contribution in [2.45, 2.75) is 13.3 Å². The summed E-state index contributed by atoms with van der Waals surface area (Å²) in [4.78, 5) is 18.8. The maximum atomic E-state index is 11.0. The number of nitrogens with zero attached hydrogens (tertiary/aromatic N) is 1. The lowest BCUT2D eigenvalue weighted by molar-refractivity contribution is -0.241. The van der Waals surface area contributed by atoms with E-state index in [9.17, 15) is 4.79 Å². The number of aromatic nitrogens is 1. The summed E-state index contributed by atoms with van der Waals surface area (Å²) in [5.74, 6) is -0.0146. The van der Waals surface area contributed by atoms with Crippen LogP contribution in [-0.4, -0.2) is 22.6 Å². The monoisotopic (exact) mass is 181 g/mol. The highest BCUT2D eigenvalue weighted by molar-refractivity contribution is 5.93. The number of hydrogen-bond acceptors (Lipinski definition) is 4. The molecule has 0 bridgehead atoms. The van der Waals surface area contributed by atoms with Gasteiger partial charge in [-0.25, -0.2) is 4.89 Å². The van der Waals surface area contributed by atoms with Crippen LogP contribution in [0.3, 0.4) is 0 Å². The van der Waals surface area contributed by atoms with E-state index in [1.807, 2.05) is 0 Å². The lowest BCUT2D eigenvalue weighted by Crippen LogP contribution is -1.99. The second-order valence-electron chi connectivity index (χ2n) is 2.72. The predicted octanol–water partition coefficient (Wildman–Crippen LogP) is 1.32. The van der Waals surface area contributed by atoms with Crippen molar-refractivity contribution in [1.29, 1.82) is 0 Å². The fourth-order valence-corrected chi connectivity index (χ4v) is 0.980. The van der Waals surface area contributed by atoms with E-state index in [-0.39, 0.29) is 12.4 Å².